The van der Waals surface area contributed by atoms with Crippen molar-refractivity contribution in [2.24, 2.45) is 0 Å². The summed E-state index contributed by atoms with van der Waals surface area (Å²) < 4.78 is 22.9. The highest BCUT2D eigenvalue weighted by molar-refractivity contribution is 7.91. The van der Waals surface area contributed by atoms with E-state index in [4.69, 9.17) is 0 Å². The van der Waals surface area contributed by atoms with E-state index < -0.39 is 9.84 Å². The second-order valence-electron chi connectivity index (χ2n) is 5.44. The van der Waals surface area contributed by atoms with Gasteiger partial charge in [-0.3, -0.25) is 0 Å². The van der Waals surface area contributed by atoms with Crippen molar-refractivity contribution in [2.45, 2.75) is 64.5 Å². The van der Waals surface area contributed by atoms with Gasteiger partial charge in [0, 0.05) is 11.6 Å². The van der Waals surface area contributed by atoms with E-state index in [1.807, 2.05) is 6.92 Å². The first-order valence-electron chi connectivity index (χ1n) is 6.35. The predicted octanol–water partition coefficient (Wildman–Crippen LogP) is 2.12. The molecule has 96 valence electrons. The van der Waals surface area contributed by atoms with E-state index in [2.05, 4.69) is 19.2 Å². The normalized spacial score (nSPS) is 30.4. The van der Waals surface area contributed by atoms with E-state index in [1.165, 1.54) is 19.3 Å². The molecule has 1 fully saturated rings. The summed E-state index contributed by atoms with van der Waals surface area (Å²) in [6, 6.07) is 0.421. The molecule has 1 saturated heterocycles. The van der Waals surface area contributed by atoms with Gasteiger partial charge in [-0.1, -0.05) is 26.2 Å². The lowest BCUT2D eigenvalue weighted by atomic mass is 9.99. The van der Waals surface area contributed by atoms with Gasteiger partial charge in [0.05, 0.1) is 11.5 Å². The van der Waals surface area contributed by atoms with Crippen LogP contribution in [0.2, 0.25) is 0 Å². The zero-order valence-corrected chi connectivity index (χ0v) is 11.6. The van der Waals surface area contributed by atoms with Crippen LogP contribution in [0.15, 0.2) is 0 Å². The third kappa shape index (κ3) is 4.42. The molecule has 0 aliphatic carbocycles. The molecule has 0 aromatic heterocycles. The summed E-state index contributed by atoms with van der Waals surface area (Å²) >= 11 is 0. The van der Waals surface area contributed by atoms with Crippen molar-refractivity contribution in [2.75, 3.05) is 11.5 Å². The van der Waals surface area contributed by atoms with Crippen LogP contribution >= 0.6 is 0 Å². The Balaban J connectivity index is 2.36. The SMILES string of the molecule is CCCCCC(C)NC1(C)CCS(=O)(=O)C1. The van der Waals surface area contributed by atoms with Gasteiger partial charge in [-0.2, -0.15) is 0 Å². The third-order valence-electron chi connectivity index (χ3n) is 3.34. The molecule has 0 spiro atoms. The number of rotatable bonds is 6. The van der Waals surface area contributed by atoms with Crippen LogP contribution < -0.4 is 5.32 Å². The van der Waals surface area contributed by atoms with Crippen molar-refractivity contribution >= 4 is 9.84 Å². The topological polar surface area (TPSA) is 46.2 Å². The number of hydrogen-bond acceptors (Lipinski definition) is 3. The van der Waals surface area contributed by atoms with E-state index in [0.717, 1.165) is 12.8 Å². The molecule has 16 heavy (non-hydrogen) atoms. The third-order valence-corrected chi connectivity index (χ3v) is 5.24. The Hall–Kier alpha value is -0.0900. The van der Waals surface area contributed by atoms with Crippen molar-refractivity contribution in [3.05, 3.63) is 0 Å². The Bertz CT molecular complexity index is 313. The Morgan fingerprint density at radius 1 is 1.38 bits per heavy atom. The van der Waals surface area contributed by atoms with Gasteiger partial charge in [-0.15, -0.1) is 0 Å². The minimum Gasteiger partial charge on any atom is -0.308 e. The minimum atomic E-state index is -2.79. The quantitative estimate of drug-likeness (QED) is 0.731. The highest BCUT2D eigenvalue weighted by Gasteiger charge is 2.38. The number of hydrogen-bond donors (Lipinski definition) is 1. The van der Waals surface area contributed by atoms with Crippen molar-refractivity contribution in [1.29, 1.82) is 0 Å². The smallest absolute Gasteiger partial charge is 0.152 e. The zero-order valence-electron chi connectivity index (χ0n) is 10.8. The monoisotopic (exact) mass is 247 g/mol. The van der Waals surface area contributed by atoms with Gasteiger partial charge in [0.1, 0.15) is 0 Å². The largest absolute Gasteiger partial charge is 0.308 e. The van der Waals surface area contributed by atoms with Gasteiger partial charge >= 0.3 is 0 Å². The van der Waals surface area contributed by atoms with Gasteiger partial charge in [0.15, 0.2) is 9.84 Å². The molecule has 1 N–H and O–H groups in total. The summed E-state index contributed by atoms with van der Waals surface area (Å²) in [5, 5.41) is 3.49. The summed E-state index contributed by atoms with van der Waals surface area (Å²) in [5.74, 6) is 0.649. The zero-order chi connectivity index (χ0) is 12.2. The van der Waals surface area contributed by atoms with Crippen LogP contribution in [0.1, 0.15) is 52.9 Å². The molecule has 2 unspecified atom stereocenters. The Kier molecular flexibility index (Phi) is 4.80. The molecule has 1 rings (SSSR count). The summed E-state index contributed by atoms with van der Waals surface area (Å²) in [5.41, 5.74) is -0.190. The summed E-state index contributed by atoms with van der Waals surface area (Å²) in [6.07, 6.45) is 5.63. The first-order chi connectivity index (χ1) is 7.37. The van der Waals surface area contributed by atoms with Crippen molar-refractivity contribution < 1.29 is 8.42 Å². The molecule has 1 heterocycles. The summed E-state index contributed by atoms with van der Waals surface area (Å²) in [4.78, 5) is 0. The van der Waals surface area contributed by atoms with Crippen LogP contribution in [0.5, 0.6) is 0 Å². The standard InChI is InChI=1S/C12H25NO2S/c1-4-5-6-7-11(2)13-12(3)8-9-16(14,15)10-12/h11,13H,4-10H2,1-3H3. The number of sulfone groups is 1. The van der Waals surface area contributed by atoms with Crippen molar-refractivity contribution in [3.63, 3.8) is 0 Å². The van der Waals surface area contributed by atoms with E-state index in [1.54, 1.807) is 0 Å². The molecular weight excluding hydrogens is 222 g/mol. The van der Waals surface area contributed by atoms with Crippen LogP contribution in [-0.4, -0.2) is 31.5 Å². The Labute approximate surface area is 99.9 Å². The molecule has 0 amide bonds. The van der Waals surface area contributed by atoms with Gasteiger partial charge < -0.3 is 5.32 Å². The average Bonchev–Trinajstić information content (AvgIpc) is 2.40. The summed E-state index contributed by atoms with van der Waals surface area (Å²) in [6.45, 7) is 6.39. The molecule has 0 aromatic carbocycles. The van der Waals surface area contributed by atoms with Crippen molar-refractivity contribution in [3.8, 4) is 0 Å². The van der Waals surface area contributed by atoms with Crippen LogP contribution in [-0.2, 0) is 9.84 Å². The lowest BCUT2D eigenvalue weighted by Crippen LogP contribution is -2.48. The molecular formula is C12H25NO2S. The van der Waals surface area contributed by atoms with E-state index in [-0.39, 0.29) is 5.54 Å². The number of unbranched alkanes of at least 4 members (excludes halogenated alkanes) is 2. The fourth-order valence-corrected chi connectivity index (χ4v) is 4.60. The molecule has 4 heteroatoms. The van der Waals surface area contributed by atoms with Crippen molar-refractivity contribution in [1.82, 2.24) is 5.32 Å². The fourth-order valence-electron chi connectivity index (χ4n) is 2.49. The Morgan fingerprint density at radius 2 is 2.06 bits per heavy atom. The highest BCUT2D eigenvalue weighted by atomic mass is 32.2. The Morgan fingerprint density at radius 3 is 2.56 bits per heavy atom. The van der Waals surface area contributed by atoms with Gasteiger partial charge in [-0.05, 0) is 26.7 Å². The second kappa shape index (κ2) is 5.50. The molecule has 1 aliphatic heterocycles. The fraction of sp³-hybridized carbons (Fsp3) is 1.00. The average molecular weight is 247 g/mol. The van der Waals surface area contributed by atoms with E-state index >= 15 is 0 Å². The molecule has 0 radical (unpaired) electrons. The first-order valence-corrected chi connectivity index (χ1v) is 8.17. The lowest BCUT2D eigenvalue weighted by molar-refractivity contribution is 0.335. The maximum atomic E-state index is 11.4. The molecule has 0 bridgehead atoms. The van der Waals surface area contributed by atoms with E-state index in [0.29, 0.717) is 17.5 Å². The molecule has 2 atom stereocenters. The predicted molar refractivity (Wildman–Crippen MR) is 68.4 cm³/mol. The molecule has 0 saturated carbocycles. The van der Waals surface area contributed by atoms with E-state index in [9.17, 15) is 8.42 Å². The highest BCUT2D eigenvalue weighted by Crippen LogP contribution is 2.24. The first kappa shape index (κ1) is 14.0. The molecule has 3 nitrogen and oxygen atoms in total. The maximum Gasteiger partial charge on any atom is 0.152 e. The van der Waals surface area contributed by atoms with Crippen LogP contribution in [0.25, 0.3) is 0 Å². The van der Waals surface area contributed by atoms with Gasteiger partial charge in [0.2, 0.25) is 0 Å². The molecule has 0 aromatic rings. The van der Waals surface area contributed by atoms with Crippen LogP contribution in [0.3, 0.4) is 0 Å². The molecule has 1 aliphatic rings. The second-order valence-corrected chi connectivity index (χ2v) is 7.63. The lowest BCUT2D eigenvalue weighted by Gasteiger charge is -2.28. The minimum absolute atomic E-state index is 0.190. The van der Waals surface area contributed by atoms with Crippen LogP contribution in [0.4, 0.5) is 0 Å². The maximum absolute atomic E-state index is 11.4. The van der Waals surface area contributed by atoms with Crippen LogP contribution in [0, 0.1) is 0 Å². The number of nitrogens with one attached hydrogen (secondary N) is 1. The van der Waals surface area contributed by atoms with Gasteiger partial charge in [0.25, 0.3) is 0 Å². The summed E-state index contributed by atoms with van der Waals surface area (Å²) in [7, 11) is -2.79. The van der Waals surface area contributed by atoms with Gasteiger partial charge in [-0.25, -0.2) is 8.42 Å².